The van der Waals surface area contributed by atoms with E-state index in [9.17, 15) is 40.5 Å². The average molecular weight is 788 g/mol. The predicted molar refractivity (Wildman–Crippen MR) is 219 cm³/mol. The number of aliphatic hydroxyl groups excluding tert-OH is 7. The van der Waals surface area contributed by atoms with Crippen molar-refractivity contribution in [1.29, 1.82) is 0 Å². The molecule has 11 nitrogen and oxygen atoms in total. The lowest BCUT2D eigenvalue weighted by Crippen LogP contribution is -2.60. The zero-order valence-electron chi connectivity index (χ0n) is 34.9. The molecule has 0 spiro atoms. The van der Waals surface area contributed by atoms with Crippen LogP contribution in [0, 0.1) is 0 Å². The number of nitrogens with one attached hydrogen (secondary N) is 1. The second kappa shape index (κ2) is 34.9. The molecule has 0 bridgehead atoms. The van der Waals surface area contributed by atoms with Gasteiger partial charge in [-0.25, -0.2) is 0 Å². The molecule has 1 fully saturated rings. The van der Waals surface area contributed by atoms with Crippen LogP contribution in [0.2, 0.25) is 0 Å². The maximum Gasteiger partial charge on any atom is 0.249 e. The highest BCUT2D eigenvalue weighted by atomic mass is 16.7. The molecule has 1 aliphatic heterocycles. The quantitative estimate of drug-likeness (QED) is 0.0243. The Morgan fingerprint density at radius 1 is 0.618 bits per heavy atom. The summed E-state index contributed by atoms with van der Waals surface area (Å²) in [4.78, 5) is 12.9. The van der Waals surface area contributed by atoms with Gasteiger partial charge in [0.1, 0.15) is 36.6 Å². The number of carbonyl (C=O) groups excluding carboxylic acids is 1. The van der Waals surface area contributed by atoms with Crippen LogP contribution in [0.5, 0.6) is 0 Å². The molecule has 0 radical (unpaired) electrons. The summed E-state index contributed by atoms with van der Waals surface area (Å²) in [5, 5.41) is 74.3. The van der Waals surface area contributed by atoms with Crippen molar-refractivity contribution < 1.29 is 50.0 Å². The summed E-state index contributed by atoms with van der Waals surface area (Å²) in [5.74, 6) is -0.709. The fraction of sp³-hybridized carbons (Fsp3) is 0.932. The Balaban J connectivity index is 2.14. The number of amides is 1. The van der Waals surface area contributed by atoms with Crippen molar-refractivity contribution in [2.45, 2.75) is 249 Å². The molecule has 0 aliphatic carbocycles. The first-order valence-electron chi connectivity index (χ1n) is 22.6. The first kappa shape index (κ1) is 51.9. The van der Waals surface area contributed by atoms with Crippen LogP contribution in [0.3, 0.4) is 0 Å². The van der Waals surface area contributed by atoms with Gasteiger partial charge in [0.25, 0.3) is 0 Å². The third kappa shape index (κ3) is 25.1. The maximum absolute atomic E-state index is 12.9. The van der Waals surface area contributed by atoms with Crippen molar-refractivity contribution in [3.05, 3.63) is 12.2 Å². The third-order valence-electron chi connectivity index (χ3n) is 11.1. The van der Waals surface area contributed by atoms with E-state index in [0.717, 1.165) is 25.7 Å². The third-order valence-corrected chi connectivity index (χ3v) is 11.1. The van der Waals surface area contributed by atoms with Gasteiger partial charge in [0.15, 0.2) is 6.29 Å². The van der Waals surface area contributed by atoms with E-state index in [1.54, 1.807) is 0 Å². The van der Waals surface area contributed by atoms with E-state index in [-0.39, 0.29) is 12.8 Å². The summed E-state index contributed by atoms with van der Waals surface area (Å²) in [6.45, 7) is 3.16. The van der Waals surface area contributed by atoms with Gasteiger partial charge >= 0.3 is 0 Å². The van der Waals surface area contributed by atoms with Gasteiger partial charge in [0.2, 0.25) is 5.91 Å². The van der Waals surface area contributed by atoms with Crippen LogP contribution < -0.4 is 5.32 Å². The molecule has 1 heterocycles. The second-order valence-electron chi connectivity index (χ2n) is 16.1. The number of ether oxygens (including phenoxy) is 2. The minimum atomic E-state index is -1.65. The van der Waals surface area contributed by atoms with Crippen LogP contribution in [-0.4, -0.2) is 110 Å². The molecule has 0 aromatic rings. The Morgan fingerprint density at radius 3 is 1.55 bits per heavy atom. The first-order chi connectivity index (χ1) is 26.7. The molecule has 8 N–H and O–H groups in total. The monoisotopic (exact) mass is 788 g/mol. The Bertz CT molecular complexity index is 908. The zero-order chi connectivity index (χ0) is 40.5. The Labute approximate surface area is 334 Å². The Kier molecular flexibility index (Phi) is 32.9. The van der Waals surface area contributed by atoms with Crippen LogP contribution in [0.4, 0.5) is 0 Å². The van der Waals surface area contributed by atoms with E-state index >= 15 is 0 Å². The van der Waals surface area contributed by atoms with Crippen molar-refractivity contribution in [1.82, 2.24) is 5.32 Å². The lowest BCUT2D eigenvalue weighted by molar-refractivity contribution is -0.303. The van der Waals surface area contributed by atoms with Crippen molar-refractivity contribution in [3.63, 3.8) is 0 Å². The summed E-state index contributed by atoms with van der Waals surface area (Å²) >= 11 is 0. The number of aliphatic hydroxyl groups is 7. The molecule has 1 aliphatic rings. The number of unbranched alkanes of at least 4 members (excludes halogenated alkanes) is 23. The van der Waals surface area contributed by atoms with Gasteiger partial charge in [-0.15, -0.1) is 0 Å². The Hall–Kier alpha value is -1.15. The highest BCUT2D eigenvalue weighted by molar-refractivity contribution is 5.80. The summed E-state index contributed by atoms with van der Waals surface area (Å²) in [6, 6.07) is -1.16. The van der Waals surface area contributed by atoms with E-state index in [2.05, 4.69) is 24.4 Å². The fourth-order valence-electron chi connectivity index (χ4n) is 7.24. The molecule has 9 unspecified atom stereocenters. The van der Waals surface area contributed by atoms with Crippen molar-refractivity contribution in [3.8, 4) is 0 Å². The summed E-state index contributed by atoms with van der Waals surface area (Å²) in [6.07, 6.45) is 25.8. The molecular formula is C44H85NO10. The highest BCUT2D eigenvalue weighted by Gasteiger charge is 2.44. The molecule has 1 amide bonds. The molecule has 1 rings (SSSR count). The first-order valence-corrected chi connectivity index (χ1v) is 22.6. The standard InChI is InChI=1S/C44H85NO10/c1-3-5-7-8-9-10-11-12-13-14-15-16-17-18-19-20-21-22-23-24-25-26-27-28-29-30-32-37(48)43(53)45-35(39(49)36(47)31-6-4-2)34-54-44-42(52)41(51)40(50)38(33-46)55-44/h18-19,35-42,44,46-52H,3-17,20-34H2,1-2H3,(H,45,53)/b19-18-. The van der Waals surface area contributed by atoms with E-state index in [4.69, 9.17) is 9.47 Å². The van der Waals surface area contributed by atoms with Crippen LogP contribution >= 0.6 is 0 Å². The smallest absolute Gasteiger partial charge is 0.249 e. The lowest BCUT2D eigenvalue weighted by atomic mass is 9.99. The highest BCUT2D eigenvalue weighted by Crippen LogP contribution is 2.23. The lowest BCUT2D eigenvalue weighted by Gasteiger charge is -2.40. The van der Waals surface area contributed by atoms with E-state index in [0.29, 0.717) is 12.8 Å². The second-order valence-corrected chi connectivity index (χ2v) is 16.1. The van der Waals surface area contributed by atoms with Gasteiger partial charge in [-0.3, -0.25) is 4.79 Å². The molecule has 326 valence electrons. The normalized spacial score (nSPS) is 22.5. The van der Waals surface area contributed by atoms with Gasteiger partial charge in [-0.05, 0) is 38.5 Å². The molecule has 11 heteroatoms. The molecule has 55 heavy (non-hydrogen) atoms. The minimum absolute atomic E-state index is 0.258. The molecule has 9 atom stereocenters. The molecular weight excluding hydrogens is 702 g/mol. The van der Waals surface area contributed by atoms with Crippen molar-refractivity contribution >= 4 is 5.91 Å². The molecule has 0 aromatic heterocycles. The van der Waals surface area contributed by atoms with Gasteiger partial charge in [-0.1, -0.05) is 167 Å². The van der Waals surface area contributed by atoms with Crippen LogP contribution in [0.1, 0.15) is 194 Å². The van der Waals surface area contributed by atoms with Crippen LogP contribution in [-0.2, 0) is 14.3 Å². The van der Waals surface area contributed by atoms with Crippen LogP contribution in [0.25, 0.3) is 0 Å². The van der Waals surface area contributed by atoms with Crippen molar-refractivity contribution in [2.75, 3.05) is 13.2 Å². The fourth-order valence-corrected chi connectivity index (χ4v) is 7.24. The summed E-state index contributed by atoms with van der Waals surface area (Å²) in [5.41, 5.74) is 0. The van der Waals surface area contributed by atoms with E-state index in [1.807, 2.05) is 6.92 Å². The maximum atomic E-state index is 12.9. The summed E-state index contributed by atoms with van der Waals surface area (Å²) in [7, 11) is 0. The number of allylic oxidation sites excluding steroid dienone is 2. The predicted octanol–water partition coefficient (Wildman–Crippen LogP) is 6.89. The SMILES string of the molecule is CCCCCCCCCCCCCC/C=C\CCCCCCCCCCCCC(O)C(=O)NC(COC1OC(CO)C(O)C(O)C1O)C(O)C(O)CCCC. The van der Waals surface area contributed by atoms with Gasteiger partial charge < -0.3 is 50.5 Å². The zero-order valence-corrected chi connectivity index (χ0v) is 34.9. The van der Waals surface area contributed by atoms with Gasteiger partial charge in [0.05, 0.1) is 25.4 Å². The number of rotatable bonds is 37. The topological polar surface area (TPSA) is 189 Å². The van der Waals surface area contributed by atoms with Crippen molar-refractivity contribution in [2.24, 2.45) is 0 Å². The number of hydrogen-bond donors (Lipinski definition) is 8. The summed E-state index contributed by atoms with van der Waals surface area (Å²) < 4.78 is 10.9. The number of carbonyl (C=O) groups is 1. The van der Waals surface area contributed by atoms with E-state index < -0.39 is 74.2 Å². The largest absolute Gasteiger partial charge is 0.394 e. The van der Waals surface area contributed by atoms with E-state index in [1.165, 1.54) is 128 Å². The minimum Gasteiger partial charge on any atom is -0.394 e. The average Bonchev–Trinajstić information content (AvgIpc) is 3.19. The number of hydrogen-bond acceptors (Lipinski definition) is 10. The molecule has 1 saturated heterocycles. The molecule has 0 aromatic carbocycles. The molecule has 0 saturated carbocycles. The van der Waals surface area contributed by atoms with Gasteiger partial charge in [0, 0.05) is 0 Å². The van der Waals surface area contributed by atoms with Crippen LogP contribution in [0.15, 0.2) is 12.2 Å². The Morgan fingerprint density at radius 2 is 1.07 bits per heavy atom. The van der Waals surface area contributed by atoms with Gasteiger partial charge in [-0.2, -0.15) is 0 Å².